The molecule has 2 aromatic carbocycles. The summed E-state index contributed by atoms with van der Waals surface area (Å²) in [6, 6.07) is 15.6. The molecule has 0 saturated carbocycles. The van der Waals surface area contributed by atoms with Crippen LogP contribution < -0.4 is 16.2 Å². The zero-order valence-corrected chi connectivity index (χ0v) is 31.4. The van der Waals surface area contributed by atoms with Gasteiger partial charge in [0, 0.05) is 64.9 Å². The fraction of sp³-hybridized carbons (Fsp3) is 0.381. The van der Waals surface area contributed by atoms with Gasteiger partial charge < -0.3 is 20.7 Å². The minimum atomic E-state index is -1.02. The summed E-state index contributed by atoms with van der Waals surface area (Å²) < 4.78 is 3.90. The Hall–Kier alpha value is -5.78. The van der Waals surface area contributed by atoms with E-state index >= 15 is 0 Å². The van der Waals surface area contributed by atoms with Crippen molar-refractivity contribution in [3.63, 3.8) is 0 Å². The Labute approximate surface area is 313 Å². The summed E-state index contributed by atoms with van der Waals surface area (Å²) in [7, 11) is 0. The van der Waals surface area contributed by atoms with Gasteiger partial charge in [-0.1, -0.05) is 12.1 Å². The maximum Gasteiger partial charge on any atom is 0.252 e. The molecule has 8 rings (SSSR count). The summed E-state index contributed by atoms with van der Waals surface area (Å²) in [6.07, 6.45) is 6.54. The highest BCUT2D eigenvalue weighted by Gasteiger charge is 2.47. The first-order valence-corrected chi connectivity index (χ1v) is 18.9. The van der Waals surface area contributed by atoms with Crippen LogP contribution in [0, 0.1) is 19.8 Å². The molecule has 2 aliphatic heterocycles. The lowest BCUT2D eigenvalue weighted by Crippen LogP contribution is -2.53. The van der Waals surface area contributed by atoms with Crippen LogP contribution in [0.3, 0.4) is 0 Å². The zero-order valence-electron chi connectivity index (χ0n) is 31.4. The number of aryl methyl sites for hydroxylation is 4. The van der Waals surface area contributed by atoms with E-state index in [1.54, 1.807) is 6.07 Å². The van der Waals surface area contributed by atoms with Crippen LogP contribution >= 0.6 is 0 Å². The summed E-state index contributed by atoms with van der Waals surface area (Å²) in [5.41, 5.74) is 5.84. The number of fused-ring (bicyclic) bond motifs is 2. The molecule has 0 spiro atoms. The average molecular weight is 727 g/mol. The second-order valence-corrected chi connectivity index (χ2v) is 15.4. The van der Waals surface area contributed by atoms with Crippen LogP contribution in [-0.2, 0) is 33.5 Å². The molecule has 278 valence electrons. The Morgan fingerprint density at radius 3 is 2.20 bits per heavy atom. The number of amides is 2. The number of benzene rings is 2. The number of aromatic hydroxyl groups is 1. The van der Waals surface area contributed by atoms with Crippen molar-refractivity contribution in [3.8, 4) is 28.4 Å². The van der Waals surface area contributed by atoms with Gasteiger partial charge in [0.05, 0.1) is 40.0 Å². The number of nitrogens with one attached hydrogen (secondary N) is 3. The van der Waals surface area contributed by atoms with Crippen LogP contribution in [0.1, 0.15) is 68.7 Å². The van der Waals surface area contributed by atoms with Gasteiger partial charge in [0.2, 0.25) is 17.7 Å². The number of pyridine rings is 2. The third kappa shape index (κ3) is 5.66. The highest BCUT2D eigenvalue weighted by molar-refractivity contribution is 5.91. The number of hydrogen-bond acceptors (Lipinski definition) is 7. The lowest BCUT2D eigenvalue weighted by molar-refractivity contribution is -0.131. The SMILES string of the molecule is CCn1ncc2c(C)cc(-c3ccc(C4(C)C(=O)NCCC4CCn4ncc5c(C)cc(-c6ccc(C7(C)CCCNC7=O)c(=O)[nH]6)cc54)c(O)n3)cc21. The molecule has 6 aromatic rings. The van der Waals surface area contributed by atoms with E-state index in [1.807, 2.05) is 85.9 Å². The molecule has 0 aliphatic carbocycles. The predicted octanol–water partition coefficient (Wildman–Crippen LogP) is 5.80. The Bertz CT molecular complexity index is 2530. The molecule has 2 aliphatic rings. The number of H-pyrrole nitrogens is 1. The fourth-order valence-corrected chi connectivity index (χ4v) is 8.81. The van der Waals surface area contributed by atoms with Crippen LogP contribution in [0.15, 0.2) is 65.7 Å². The minimum absolute atomic E-state index is 0.104. The maximum atomic E-state index is 13.7. The smallest absolute Gasteiger partial charge is 0.252 e. The van der Waals surface area contributed by atoms with Gasteiger partial charge in [-0.3, -0.25) is 23.7 Å². The van der Waals surface area contributed by atoms with Crippen molar-refractivity contribution >= 4 is 33.6 Å². The summed E-state index contributed by atoms with van der Waals surface area (Å²) in [5.74, 6) is -0.509. The number of aromatic amines is 1. The minimum Gasteiger partial charge on any atom is -0.493 e. The highest BCUT2D eigenvalue weighted by Crippen LogP contribution is 2.43. The molecule has 54 heavy (non-hydrogen) atoms. The summed E-state index contributed by atoms with van der Waals surface area (Å²) in [6.45, 7) is 12.3. The summed E-state index contributed by atoms with van der Waals surface area (Å²) in [5, 5.41) is 28.8. The molecule has 3 unspecified atom stereocenters. The molecular formula is C42H46N8O4. The zero-order chi connectivity index (χ0) is 37.9. The first-order chi connectivity index (χ1) is 25.9. The second-order valence-electron chi connectivity index (χ2n) is 15.4. The van der Waals surface area contributed by atoms with Gasteiger partial charge in [0.25, 0.3) is 5.56 Å². The Kier molecular flexibility index (Phi) is 8.66. The Morgan fingerprint density at radius 2 is 1.50 bits per heavy atom. The molecule has 2 fully saturated rings. The monoisotopic (exact) mass is 726 g/mol. The lowest BCUT2D eigenvalue weighted by atomic mass is 9.66. The topological polar surface area (TPSA) is 160 Å². The van der Waals surface area contributed by atoms with E-state index in [4.69, 9.17) is 5.10 Å². The summed E-state index contributed by atoms with van der Waals surface area (Å²) >= 11 is 0. The number of nitrogens with zero attached hydrogens (tertiary/aromatic N) is 5. The Balaban J connectivity index is 1.07. The summed E-state index contributed by atoms with van der Waals surface area (Å²) in [4.78, 5) is 47.6. The first-order valence-electron chi connectivity index (χ1n) is 18.9. The van der Waals surface area contributed by atoms with Gasteiger partial charge in [-0.25, -0.2) is 4.98 Å². The van der Waals surface area contributed by atoms with Crippen molar-refractivity contribution in [2.45, 2.75) is 84.2 Å². The molecular weight excluding hydrogens is 681 g/mol. The molecule has 6 heterocycles. The number of carbonyl (C=O) groups excluding carboxylic acids is 2. The van der Waals surface area contributed by atoms with E-state index < -0.39 is 10.8 Å². The predicted molar refractivity (Wildman–Crippen MR) is 208 cm³/mol. The van der Waals surface area contributed by atoms with E-state index in [0.717, 1.165) is 63.4 Å². The highest BCUT2D eigenvalue weighted by atomic mass is 16.3. The van der Waals surface area contributed by atoms with E-state index in [2.05, 4.69) is 38.7 Å². The van der Waals surface area contributed by atoms with Crippen molar-refractivity contribution in [1.82, 2.24) is 40.2 Å². The van der Waals surface area contributed by atoms with E-state index in [1.165, 1.54) is 0 Å². The third-order valence-electron chi connectivity index (χ3n) is 12.2. The number of carbonyl (C=O) groups is 2. The van der Waals surface area contributed by atoms with Crippen molar-refractivity contribution in [3.05, 3.63) is 93.5 Å². The molecule has 2 amide bonds. The standard InChI is InChI=1S/C42H46N8O4/c1-6-49-35-20-26(18-24(2)29(35)22-45-49)34-11-9-32(38(52)48-34)42(5)28(12-16-44-40(42)54)13-17-50-36-21-27(19-25(3)30(36)23-46-50)33-10-8-31(37(51)47-33)41(4)14-7-15-43-39(41)53/h8-11,18-23,28H,6-7,12-17H2,1-5H3,(H,43,53)(H,44,54)(H,47,51)(H,48,52). The van der Waals surface area contributed by atoms with Crippen LogP contribution in [-0.4, -0.2) is 59.5 Å². The van der Waals surface area contributed by atoms with Gasteiger partial charge >= 0.3 is 0 Å². The molecule has 0 bridgehead atoms. The van der Waals surface area contributed by atoms with Gasteiger partial charge in [-0.15, -0.1) is 0 Å². The normalized spacial score (nSPS) is 21.8. The quantitative estimate of drug-likeness (QED) is 0.154. The molecule has 4 aromatic heterocycles. The maximum absolute atomic E-state index is 13.7. The second kappa shape index (κ2) is 13.3. The van der Waals surface area contributed by atoms with Crippen molar-refractivity contribution in [2.24, 2.45) is 5.92 Å². The van der Waals surface area contributed by atoms with E-state index in [9.17, 15) is 19.5 Å². The van der Waals surface area contributed by atoms with Crippen LogP contribution in [0.25, 0.3) is 44.3 Å². The van der Waals surface area contributed by atoms with Gasteiger partial charge in [-0.2, -0.15) is 10.2 Å². The van der Waals surface area contributed by atoms with Crippen molar-refractivity contribution in [1.29, 1.82) is 0 Å². The molecule has 3 atom stereocenters. The van der Waals surface area contributed by atoms with Gasteiger partial charge in [0.15, 0.2) is 0 Å². The number of rotatable bonds is 8. The number of piperidine rings is 2. The van der Waals surface area contributed by atoms with E-state index in [-0.39, 0.29) is 29.2 Å². The third-order valence-corrected chi connectivity index (χ3v) is 12.2. The molecule has 4 N–H and O–H groups in total. The number of hydrogen-bond donors (Lipinski definition) is 4. The molecule has 12 heteroatoms. The fourth-order valence-electron chi connectivity index (χ4n) is 8.81. The molecule has 12 nitrogen and oxygen atoms in total. The lowest BCUT2D eigenvalue weighted by Gasteiger charge is -2.40. The van der Waals surface area contributed by atoms with Gasteiger partial charge in [-0.05, 0) is 114 Å². The molecule has 2 saturated heterocycles. The average Bonchev–Trinajstić information content (AvgIpc) is 3.78. The van der Waals surface area contributed by atoms with Crippen LogP contribution in [0.2, 0.25) is 0 Å². The van der Waals surface area contributed by atoms with Gasteiger partial charge in [0.1, 0.15) is 0 Å². The van der Waals surface area contributed by atoms with E-state index in [0.29, 0.717) is 55.0 Å². The van der Waals surface area contributed by atoms with Crippen molar-refractivity contribution < 1.29 is 14.7 Å². The molecule has 0 radical (unpaired) electrons. The number of aromatic nitrogens is 6. The first kappa shape index (κ1) is 35.3. The van der Waals surface area contributed by atoms with Crippen LogP contribution in [0.5, 0.6) is 5.88 Å². The Morgan fingerprint density at radius 1 is 0.833 bits per heavy atom. The van der Waals surface area contributed by atoms with Crippen LogP contribution in [0.4, 0.5) is 0 Å². The van der Waals surface area contributed by atoms with Crippen molar-refractivity contribution in [2.75, 3.05) is 13.1 Å². The largest absolute Gasteiger partial charge is 0.493 e.